The smallest absolute Gasteiger partial charge is 0.327 e. The normalized spacial score (nSPS) is 27.6. The van der Waals surface area contributed by atoms with E-state index in [4.69, 9.17) is 0 Å². The maximum atomic E-state index is 12.1. The maximum Gasteiger partial charge on any atom is 0.327 e. The molecule has 1 saturated heterocycles. The van der Waals surface area contributed by atoms with E-state index in [1.165, 1.54) is 11.8 Å². The van der Waals surface area contributed by atoms with Crippen LogP contribution in [0, 0.1) is 5.92 Å². The van der Waals surface area contributed by atoms with E-state index in [1.54, 1.807) is 13.8 Å². The van der Waals surface area contributed by atoms with Crippen LogP contribution in [0.5, 0.6) is 0 Å². The number of nitrogens with zero attached hydrogens (tertiary/aromatic N) is 1. The Kier molecular flexibility index (Phi) is 4.78. The number of rotatable bonds is 3. The van der Waals surface area contributed by atoms with Crippen LogP contribution in [-0.2, 0) is 14.4 Å². The summed E-state index contributed by atoms with van der Waals surface area (Å²) in [6, 6.07) is -1.04. The van der Waals surface area contributed by atoms with E-state index < -0.39 is 12.0 Å². The molecule has 0 spiro atoms. The van der Waals surface area contributed by atoms with Gasteiger partial charge in [0.1, 0.15) is 6.04 Å². The van der Waals surface area contributed by atoms with E-state index in [-0.39, 0.29) is 28.2 Å². The summed E-state index contributed by atoms with van der Waals surface area (Å²) in [7, 11) is 0. The van der Waals surface area contributed by atoms with Gasteiger partial charge in [-0.3, -0.25) is 9.59 Å². The van der Waals surface area contributed by atoms with Crippen molar-refractivity contribution in [2.75, 3.05) is 0 Å². The van der Waals surface area contributed by atoms with Crippen molar-refractivity contribution in [3.8, 4) is 0 Å². The molecule has 0 aliphatic carbocycles. The number of carboxylic acid groups (broad SMARTS) is 1. The average Bonchev–Trinajstić information content (AvgIpc) is 2.52. The molecule has 0 aromatic rings. The summed E-state index contributed by atoms with van der Waals surface area (Å²) >= 11 is 1.02. The predicted molar refractivity (Wildman–Crippen MR) is 69.2 cm³/mol. The highest BCUT2D eigenvalue weighted by molar-refractivity contribution is 8.14. The highest BCUT2D eigenvalue weighted by Gasteiger charge is 2.47. The third-order valence-electron chi connectivity index (χ3n) is 3.02. The van der Waals surface area contributed by atoms with E-state index in [9.17, 15) is 19.5 Å². The molecule has 1 aliphatic heterocycles. The standard InChI is InChI=1S/C12H19NO4S/c1-6(2)11(15)13-7(3)5-9(18-8(4)14)10(13)12(16)17/h6-7,9-10H,5H2,1-4H3,(H,16,17). The van der Waals surface area contributed by atoms with Crippen molar-refractivity contribution in [2.45, 2.75) is 51.4 Å². The van der Waals surface area contributed by atoms with Crippen molar-refractivity contribution in [1.82, 2.24) is 4.90 Å². The molecule has 1 aliphatic rings. The number of likely N-dealkylation sites (tertiary alicyclic amines) is 1. The van der Waals surface area contributed by atoms with Crippen LogP contribution in [0.4, 0.5) is 0 Å². The van der Waals surface area contributed by atoms with Gasteiger partial charge in [-0.15, -0.1) is 0 Å². The monoisotopic (exact) mass is 273 g/mol. The number of thioether (sulfide) groups is 1. The predicted octanol–water partition coefficient (Wildman–Crippen LogP) is 1.36. The number of amides is 1. The quantitative estimate of drug-likeness (QED) is 0.840. The summed E-state index contributed by atoms with van der Waals surface area (Å²) in [5.74, 6) is -1.44. The van der Waals surface area contributed by atoms with Gasteiger partial charge in [-0.2, -0.15) is 0 Å². The molecule has 3 atom stereocenters. The molecule has 0 aromatic heterocycles. The molecule has 1 amide bonds. The molecule has 18 heavy (non-hydrogen) atoms. The fourth-order valence-corrected chi connectivity index (χ4v) is 3.47. The lowest BCUT2D eigenvalue weighted by Crippen LogP contribution is -2.48. The molecule has 1 N–H and O–H groups in total. The van der Waals surface area contributed by atoms with Crippen LogP contribution >= 0.6 is 11.8 Å². The van der Waals surface area contributed by atoms with Gasteiger partial charge >= 0.3 is 5.97 Å². The minimum absolute atomic E-state index is 0.114. The van der Waals surface area contributed by atoms with E-state index in [1.807, 2.05) is 6.92 Å². The fraction of sp³-hybridized carbons (Fsp3) is 0.750. The van der Waals surface area contributed by atoms with Crippen molar-refractivity contribution in [2.24, 2.45) is 5.92 Å². The lowest BCUT2D eigenvalue weighted by Gasteiger charge is -2.28. The Morgan fingerprint density at radius 2 is 1.89 bits per heavy atom. The first-order valence-electron chi connectivity index (χ1n) is 5.98. The zero-order chi connectivity index (χ0) is 14.0. The minimum Gasteiger partial charge on any atom is -0.480 e. The van der Waals surface area contributed by atoms with Crippen LogP contribution in [0.2, 0.25) is 0 Å². The van der Waals surface area contributed by atoms with Gasteiger partial charge in [0, 0.05) is 24.1 Å². The molecule has 0 radical (unpaired) electrons. The largest absolute Gasteiger partial charge is 0.480 e. The number of carbonyl (C=O) groups is 3. The molecule has 102 valence electrons. The lowest BCUT2D eigenvalue weighted by molar-refractivity contribution is -0.150. The molecule has 0 saturated carbocycles. The third kappa shape index (κ3) is 3.04. The van der Waals surface area contributed by atoms with E-state index >= 15 is 0 Å². The lowest BCUT2D eigenvalue weighted by atomic mass is 10.1. The van der Waals surface area contributed by atoms with Crippen molar-refractivity contribution < 1.29 is 19.5 Å². The number of hydrogen-bond acceptors (Lipinski definition) is 4. The van der Waals surface area contributed by atoms with Crippen LogP contribution in [0.15, 0.2) is 0 Å². The Bertz CT molecular complexity index is 369. The fourth-order valence-electron chi connectivity index (χ4n) is 2.29. The zero-order valence-corrected chi connectivity index (χ0v) is 11.9. The number of hydrogen-bond donors (Lipinski definition) is 1. The van der Waals surface area contributed by atoms with Crippen LogP contribution < -0.4 is 0 Å². The van der Waals surface area contributed by atoms with Gasteiger partial charge in [-0.1, -0.05) is 25.6 Å². The number of aliphatic carboxylic acids is 1. The van der Waals surface area contributed by atoms with Crippen molar-refractivity contribution >= 4 is 28.8 Å². The van der Waals surface area contributed by atoms with Gasteiger partial charge in [0.25, 0.3) is 0 Å². The first kappa shape index (κ1) is 15.0. The second-order valence-corrected chi connectivity index (χ2v) is 6.33. The number of carboxylic acids is 1. The molecular formula is C12H19NO4S. The first-order chi connectivity index (χ1) is 8.25. The Morgan fingerprint density at radius 3 is 2.28 bits per heavy atom. The second kappa shape index (κ2) is 5.73. The van der Waals surface area contributed by atoms with Crippen LogP contribution in [0.1, 0.15) is 34.1 Å². The molecule has 3 unspecified atom stereocenters. The summed E-state index contributed by atoms with van der Waals surface area (Å²) in [4.78, 5) is 36.0. The van der Waals surface area contributed by atoms with Crippen LogP contribution in [0.25, 0.3) is 0 Å². The summed E-state index contributed by atoms with van der Waals surface area (Å²) in [5.41, 5.74) is 0. The van der Waals surface area contributed by atoms with Gasteiger partial charge in [0.05, 0.1) is 0 Å². The first-order valence-corrected chi connectivity index (χ1v) is 6.85. The van der Waals surface area contributed by atoms with Crippen LogP contribution in [-0.4, -0.2) is 44.3 Å². The highest BCUT2D eigenvalue weighted by atomic mass is 32.2. The van der Waals surface area contributed by atoms with Crippen molar-refractivity contribution in [1.29, 1.82) is 0 Å². The molecular weight excluding hydrogens is 254 g/mol. The van der Waals surface area contributed by atoms with Crippen LogP contribution in [0.3, 0.4) is 0 Å². The molecule has 1 heterocycles. The summed E-state index contributed by atoms with van der Waals surface area (Å²) in [6.07, 6.45) is 0.541. The zero-order valence-electron chi connectivity index (χ0n) is 11.0. The van der Waals surface area contributed by atoms with Crippen molar-refractivity contribution in [3.63, 3.8) is 0 Å². The van der Waals surface area contributed by atoms with Crippen molar-refractivity contribution in [3.05, 3.63) is 0 Å². The molecule has 6 heteroatoms. The maximum absolute atomic E-state index is 12.1. The molecule has 5 nitrogen and oxygen atoms in total. The van der Waals surface area contributed by atoms with Gasteiger partial charge in [0.15, 0.2) is 5.12 Å². The van der Waals surface area contributed by atoms with Gasteiger partial charge in [0.2, 0.25) is 5.91 Å². The number of carbonyl (C=O) groups excluding carboxylic acids is 2. The van der Waals surface area contributed by atoms with Gasteiger partial charge in [-0.25, -0.2) is 4.79 Å². The summed E-state index contributed by atoms with van der Waals surface area (Å²) in [6.45, 7) is 6.75. The molecule has 0 bridgehead atoms. The Labute approximate surface area is 111 Å². The van der Waals surface area contributed by atoms with E-state index in [0.717, 1.165) is 11.8 Å². The SMILES string of the molecule is CC(=O)SC1CC(C)N(C(=O)C(C)C)C1C(=O)O. The Morgan fingerprint density at radius 1 is 1.33 bits per heavy atom. The Hall–Kier alpha value is -1.04. The molecule has 1 fully saturated rings. The average molecular weight is 273 g/mol. The highest BCUT2D eigenvalue weighted by Crippen LogP contribution is 2.34. The second-order valence-electron chi connectivity index (χ2n) is 4.92. The summed E-state index contributed by atoms with van der Waals surface area (Å²) < 4.78 is 0. The Balaban J connectivity index is 2.98. The van der Waals surface area contributed by atoms with Gasteiger partial charge < -0.3 is 10.0 Å². The van der Waals surface area contributed by atoms with E-state index in [2.05, 4.69) is 0 Å². The third-order valence-corrected chi connectivity index (χ3v) is 4.10. The summed E-state index contributed by atoms with van der Waals surface area (Å²) in [5, 5.41) is 8.83. The molecule has 1 rings (SSSR count). The molecule has 0 aromatic carbocycles. The minimum atomic E-state index is -1.04. The topological polar surface area (TPSA) is 74.7 Å². The van der Waals surface area contributed by atoms with E-state index in [0.29, 0.717) is 6.42 Å². The van der Waals surface area contributed by atoms with Gasteiger partial charge in [-0.05, 0) is 13.3 Å².